The van der Waals surface area contributed by atoms with E-state index in [0.29, 0.717) is 34.6 Å². The topological polar surface area (TPSA) is 72.3 Å². The summed E-state index contributed by atoms with van der Waals surface area (Å²) in [6.45, 7) is -0.359. The van der Waals surface area contributed by atoms with Gasteiger partial charge < -0.3 is 16.6 Å². The fourth-order valence-corrected chi connectivity index (χ4v) is 3.26. The van der Waals surface area contributed by atoms with Crippen molar-refractivity contribution in [3.05, 3.63) is 59.4 Å². The van der Waals surface area contributed by atoms with Crippen molar-refractivity contribution in [1.82, 2.24) is 0 Å². The molecular formula is C18H20F4N2OS. The van der Waals surface area contributed by atoms with Crippen LogP contribution in [0, 0.1) is 5.82 Å². The first kappa shape index (κ1) is 20.7. The van der Waals surface area contributed by atoms with Crippen LogP contribution >= 0.6 is 11.8 Å². The third-order valence-electron chi connectivity index (χ3n) is 3.80. The van der Waals surface area contributed by atoms with Gasteiger partial charge in [0.05, 0.1) is 17.8 Å². The maximum Gasteiger partial charge on any atom is 0.416 e. The Morgan fingerprint density at radius 3 is 2.31 bits per heavy atom. The summed E-state index contributed by atoms with van der Waals surface area (Å²) in [4.78, 5) is 0.888. The molecule has 0 heterocycles. The quantitative estimate of drug-likeness (QED) is 0.497. The highest BCUT2D eigenvalue weighted by Gasteiger charge is 2.30. The van der Waals surface area contributed by atoms with E-state index in [1.54, 1.807) is 18.2 Å². The lowest BCUT2D eigenvalue weighted by atomic mass is 10.0. The zero-order valence-electron chi connectivity index (χ0n) is 13.9. The number of halogens is 4. The maximum absolute atomic E-state index is 14.2. The number of rotatable bonds is 7. The third kappa shape index (κ3) is 5.98. The number of hydrogen-bond acceptors (Lipinski definition) is 4. The average molecular weight is 388 g/mol. The number of aryl methyl sites for hydroxylation is 1. The first-order valence-corrected chi connectivity index (χ1v) is 8.74. The van der Waals surface area contributed by atoms with Gasteiger partial charge in [-0.05, 0) is 55.2 Å². The van der Waals surface area contributed by atoms with E-state index < -0.39 is 23.2 Å². The molecule has 0 saturated heterocycles. The van der Waals surface area contributed by atoms with Gasteiger partial charge in [-0.2, -0.15) is 13.2 Å². The fraction of sp³-hybridized carbons (Fsp3) is 0.333. The molecule has 2 rings (SSSR count). The minimum atomic E-state index is -4.42. The second kappa shape index (κ2) is 8.39. The monoisotopic (exact) mass is 388 g/mol. The molecule has 0 aliphatic rings. The SMILES string of the molecule is NC(N)(CO)CCCc1ccc(Sc2cccc(C(F)(F)F)c2)cc1F. The van der Waals surface area contributed by atoms with Gasteiger partial charge in [0, 0.05) is 9.79 Å². The molecule has 0 fully saturated rings. The van der Waals surface area contributed by atoms with Crippen LogP contribution in [0.4, 0.5) is 17.6 Å². The lowest BCUT2D eigenvalue weighted by Crippen LogP contribution is -2.52. The Morgan fingerprint density at radius 1 is 1.00 bits per heavy atom. The predicted octanol–water partition coefficient (Wildman–Crippen LogP) is 3.92. The predicted molar refractivity (Wildman–Crippen MR) is 93.1 cm³/mol. The standard InChI is InChI=1S/C18H20F4N2OS/c19-16-10-15(7-6-12(16)3-2-8-17(23,24)11-25)26-14-5-1-4-13(9-14)18(20,21)22/h1,4-7,9-10,25H,2-3,8,11,23-24H2. The van der Waals surface area contributed by atoms with Crippen LogP contribution in [-0.4, -0.2) is 17.4 Å². The summed E-state index contributed by atoms with van der Waals surface area (Å²) in [7, 11) is 0. The van der Waals surface area contributed by atoms with Crippen molar-refractivity contribution in [1.29, 1.82) is 0 Å². The van der Waals surface area contributed by atoms with Crippen molar-refractivity contribution < 1.29 is 22.7 Å². The maximum atomic E-state index is 14.2. The van der Waals surface area contributed by atoms with Crippen molar-refractivity contribution in [2.45, 2.75) is 40.9 Å². The van der Waals surface area contributed by atoms with E-state index in [4.69, 9.17) is 16.6 Å². The summed E-state index contributed by atoms with van der Waals surface area (Å²) in [6, 6.07) is 9.45. The summed E-state index contributed by atoms with van der Waals surface area (Å²) in [5.74, 6) is -0.439. The average Bonchev–Trinajstić information content (AvgIpc) is 2.56. The van der Waals surface area contributed by atoms with E-state index >= 15 is 0 Å². The molecule has 0 unspecified atom stereocenters. The van der Waals surface area contributed by atoms with Crippen molar-refractivity contribution in [2.24, 2.45) is 11.5 Å². The van der Waals surface area contributed by atoms with Gasteiger partial charge >= 0.3 is 6.18 Å². The minimum Gasteiger partial charge on any atom is -0.393 e. The third-order valence-corrected chi connectivity index (χ3v) is 4.78. The van der Waals surface area contributed by atoms with Gasteiger partial charge in [0.25, 0.3) is 0 Å². The molecule has 2 aromatic rings. The Hall–Kier alpha value is -1.61. The first-order chi connectivity index (χ1) is 12.1. The van der Waals surface area contributed by atoms with Crippen LogP contribution in [0.3, 0.4) is 0 Å². The molecule has 0 aliphatic heterocycles. The van der Waals surface area contributed by atoms with E-state index in [2.05, 4.69) is 0 Å². The smallest absolute Gasteiger partial charge is 0.393 e. The highest BCUT2D eigenvalue weighted by atomic mass is 32.2. The van der Waals surface area contributed by atoms with Gasteiger partial charge in [-0.1, -0.05) is 23.9 Å². The summed E-state index contributed by atoms with van der Waals surface area (Å²) < 4.78 is 52.5. The molecule has 3 nitrogen and oxygen atoms in total. The molecule has 0 spiro atoms. The number of hydrogen-bond donors (Lipinski definition) is 3. The van der Waals surface area contributed by atoms with E-state index in [1.165, 1.54) is 12.1 Å². The van der Waals surface area contributed by atoms with Crippen LogP contribution in [0.5, 0.6) is 0 Å². The second-order valence-electron chi connectivity index (χ2n) is 6.13. The van der Waals surface area contributed by atoms with E-state index in [1.807, 2.05) is 0 Å². The molecule has 26 heavy (non-hydrogen) atoms. The number of alkyl halides is 3. The number of nitrogens with two attached hydrogens (primary N) is 2. The molecule has 5 N–H and O–H groups in total. The second-order valence-corrected chi connectivity index (χ2v) is 7.27. The molecule has 2 aromatic carbocycles. The summed E-state index contributed by atoms with van der Waals surface area (Å²) >= 11 is 1.06. The van der Waals surface area contributed by atoms with Gasteiger partial charge in [0.1, 0.15) is 5.82 Å². The van der Waals surface area contributed by atoms with Gasteiger partial charge in [-0.3, -0.25) is 0 Å². The highest BCUT2D eigenvalue weighted by molar-refractivity contribution is 7.99. The molecule has 0 aromatic heterocycles. The Bertz CT molecular complexity index is 750. The largest absolute Gasteiger partial charge is 0.416 e. The van der Waals surface area contributed by atoms with E-state index in [0.717, 1.165) is 23.9 Å². The van der Waals surface area contributed by atoms with Crippen LogP contribution in [0.1, 0.15) is 24.0 Å². The summed E-state index contributed by atoms with van der Waals surface area (Å²) in [5.41, 5.74) is 9.78. The van der Waals surface area contributed by atoms with Gasteiger partial charge in [-0.15, -0.1) is 0 Å². The molecule has 142 valence electrons. The molecule has 0 saturated carbocycles. The Morgan fingerprint density at radius 2 is 1.69 bits per heavy atom. The normalized spacial score (nSPS) is 12.4. The molecule has 0 atom stereocenters. The lowest BCUT2D eigenvalue weighted by molar-refractivity contribution is -0.137. The number of aliphatic hydroxyl groups excluding tert-OH is 1. The molecular weight excluding hydrogens is 368 g/mol. The van der Waals surface area contributed by atoms with E-state index in [-0.39, 0.29) is 6.61 Å². The molecule has 0 bridgehead atoms. The molecule has 0 amide bonds. The molecule has 8 heteroatoms. The zero-order chi connectivity index (χ0) is 19.4. The van der Waals surface area contributed by atoms with Gasteiger partial charge in [0.2, 0.25) is 0 Å². The van der Waals surface area contributed by atoms with Crippen LogP contribution in [-0.2, 0) is 12.6 Å². The summed E-state index contributed by atoms with van der Waals surface area (Å²) in [6.07, 6.45) is -3.17. The van der Waals surface area contributed by atoms with Crippen molar-refractivity contribution >= 4 is 11.8 Å². The Kier molecular flexibility index (Phi) is 6.68. The fourth-order valence-electron chi connectivity index (χ4n) is 2.35. The molecule has 0 aliphatic carbocycles. The lowest BCUT2D eigenvalue weighted by Gasteiger charge is -2.21. The number of aliphatic hydroxyl groups is 1. The highest BCUT2D eigenvalue weighted by Crippen LogP contribution is 2.34. The van der Waals surface area contributed by atoms with Gasteiger partial charge in [-0.25, -0.2) is 4.39 Å². The number of benzene rings is 2. The Balaban J connectivity index is 2.03. The van der Waals surface area contributed by atoms with Crippen molar-refractivity contribution in [3.8, 4) is 0 Å². The zero-order valence-corrected chi connectivity index (χ0v) is 14.7. The van der Waals surface area contributed by atoms with Gasteiger partial charge in [0.15, 0.2) is 0 Å². The summed E-state index contributed by atoms with van der Waals surface area (Å²) in [5, 5.41) is 8.99. The Labute approximate surface area is 153 Å². The van der Waals surface area contributed by atoms with Crippen molar-refractivity contribution in [2.75, 3.05) is 6.61 Å². The van der Waals surface area contributed by atoms with Crippen molar-refractivity contribution in [3.63, 3.8) is 0 Å². The first-order valence-electron chi connectivity index (χ1n) is 7.93. The van der Waals surface area contributed by atoms with Crippen LogP contribution in [0.15, 0.2) is 52.3 Å². The van der Waals surface area contributed by atoms with Crippen LogP contribution in [0.2, 0.25) is 0 Å². The van der Waals surface area contributed by atoms with E-state index in [9.17, 15) is 17.6 Å². The van der Waals surface area contributed by atoms with Crippen LogP contribution < -0.4 is 11.5 Å². The molecule has 0 radical (unpaired) electrons. The minimum absolute atomic E-state index is 0.337. The van der Waals surface area contributed by atoms with Crippen LogP contribution in [0.25, 0.3) is 0 Å².